The van der Waals surface area contributed by atoms with Crippen LogP contribution in [0.5, 0.6) is 0 Å². The third-order valence-corrected chi connectivity index (χ3v) is 2.73. The first-order valence-corrected chi connectivity index (χ1v) is 5.72. The molecular formula is C9H9BrCl2N2O. The summed E-state index contributed by atoms with van der Waals surface area (Å²) in [5.41, 5.74) is 5.62. The Morgan fingerprint density at radius 3 is 2.40 bits per heavy atom. The van der Waals surface area contributed by atoms with Gasteiger partial charge >= 0.3 is 0 Å². The smallest absolute Gasteiger partial charge is 0.219 e. The number of rotatable bonds is 4. The van der Waals surface area contributed by atoms with E-state index in [2.05, 4.69) is 21.2 Å². The quantitative estimate of drug-likeness (QED) is 0.898. The van der Waals surface area contributed by atoms with Gasteiger partial charge < -0.3 is 11.1 Å². The van der Waals surface area contributed by atoms with E-state index in [1.807, 2.05) is 0 Å². The number of primary amides is 1. The second-order valence-electron chi connectivity index (χ2n) is 2.89. The molecule has 0 aliphatic rings. The number of hydrogen-bond donors (Lipinski definition) is 2. The van der Waals surface area contributed by atoms with E-state index in [0.29, 0.717) is 22.3 Å². The lowest BCUT2D eigenvalue weighted by atomic mass is 10.3. The molecule has 0 atom stereocenters. The summed E-state index contributed by atoms with van der Waals surface area (Å²) < 4.78 is 0.804. The van der Waals surface area contributed by atoms with Crippen LogP contribution in [0, 0.1) is 0 Å². The Morgan fingerprint density at radius 1 is 1.40 bits per heavy atom. The van der Waals surface area contributed by atoms with Crippen molar-refractivity contribution in [2.24, 2.45) is 5.73 Å². The van der Waals surface area contributed by atoms with E-state index in [-0.39, 0.29) is 12.3 Å². The Hall–Kier alpha value is -0.450. The van der Waals surface area contributed by atoms with Gasteiger partial charge in [0.25, 0.3) is 0 Å². The Bertz CT molecular complexity index is 361. The lowest BCUT2D eigenvalue weighted by molar-refractivity contribution is -0.117. The van der Waals surface area contributed by atoms with Crippen LogP contribution in [0.3, 0.4) is 0 Å². The molecule has 0 saturated heterocycles. The van der Waals surface area contributed by atoms with Crippen LogP contribution in [-0.2, 0) is 4.79 Å². The number of anilines is 1. The monoisotopic (exact) mass is 310 g/mol. The third kappa shape index (κ3) is 3.89. The zero-order chi connectivity index (χ0) is 11.4. The fraction of sp³-hybridized carbons (Fsp3) is 0.222. The van der Waals surface area contributed by atoms with Crippen molar-refractivity contribution in [1.29, 1.82) is 0 Å². The first-order valence-electron chi connectivity index (χ1n) is 4.17. The minimum absolute atomic E-state index is 0.239. The molecule has 0 fully saturated rings. The highest BCUT2D eigenvalue weighted by molar-refractivity contribution is 9.10. The van der Waals surface area contributed by atoms with Crippen LogP contribution >= 0.6 is 39.1 Å². The van der Waals surface area contributed by atoms with Gasteiger partial charge in [0.15, 0.2) is 0 Å². The SMILES string of the molecule is NC(=O)CCNc1c(Cl)cc(Br)cc1Cl. The number of halogens is 3. The predicted octanol–water partition coefficient (Wildman–Crippen LogP) is 3.04. The van der Waals surface area contributed by atoms with Crippen molar-refractivity contribution in [3.8, 4) is 0 Å². The highest BCUT2D eigenvalue weighted by Gasteiger charge is 2.07. The summed E-state index contributed by atoms with van der Waals surface area (Å²) in [6, 6.07) is 3.44. The summed E-state index contributed by atoms with van der Waals surface area (Å²) in [6.45, 7) is 0.413. The Balaban J connectivity index is 2.72. The molecule has 82 valence electrons. The number of nitrogens with two attached hydrogens (primary N) is 1. The average Bonchev–Trinajstić information content (AvgIpc) is 2.08. The van der Waals surface area contributed by atoms with Crippen molar-refractivity contribution < 1.29 is 4.79 Å². The number of carbonyl (C=O) groups excluding carboxylic acids is 1. The molecule has 1 rings (SSSR count). The van der Waals surface area contributed by atoms with Crippen LogP contribution in [0.25, 0.3) is 0 Å². The first kappa shape index (κ1) is 12.6. The Kier molecular flexibility index (Phi) is 4.70. The van der Waals surface area contributed by atoms with E-state index < -0.39 is 0 Å². The molecule has 1 aromatic carbocycles. The summed E-state index contributed by atoms with van der Waals surface area (Å²) in [5, 5.41) is 3.95. The highest BCUT2D eigenvalue weighted by Crippen LogP contribution is 2.33. The molecular weight excluding hydrogens is 303 g/mol. The van der Waals surface area contributed by atoms with Crippen molar-refractivity contribution in [1.82, 2.24) is 0 Å². The second-order valence-corrected chi connectivity index (χ2v) is 4.62. The van der Waals surface area contributed by atoms with Gasteiger partial charge in [-0.15, -0.1) is 0 Å². The van der Waals surface area contributed by atoms with E-state index in [1.165, 1.54) is 0 Å². The standard InChI is InChI=1S/C9H9BrCl2N2O/c10-5-3-6(11)9(7(12)4-5)14-2-1-8(13)15/h3-4,14H,1-2H2,(H2,13,15). The molecule has 3 nitrogen and oxygen atoms in total. The normalized spacial score (nSPS) is 10.1. The molecule has 0 radical (unpaired) electrons. The summed E-state index contributed by atoms with van der Waals surface area (Å²) in [6.07, 6.45) is 0.239. The number of carbonyl (C=O) groups is 1. The van der Waals surface area contributed by atoms with Crippen LogP contribution in [0.4, 0.5) is 5.69 Å². The first-order chi connectivity index (χ1) is 7.00. The molecule has 0 heterocycles. The molecule has 15 heavy (non-hydrogen) atoms. The van der Waals surface area contributed by atoms with Crippen molar-refractivity contribution in [3.63, 3.8) is 0 Å². The highest BCUT2D eigenvalue weighted by atomic mass is 79.9. The molecule has 1 amide bonds. The second kappa shape index (κ2) is 5.58. The zero-order valence-corrected chi connectivity index (χ0v) is 10.8. The van der Waals surface area contributed by atoms with Crippen molar-refractivity contribution in [3.05, 3.63) is 26.7 Å². The number of nitrogens with one attached hydrogen (secondary N) is 1. The summed E-state index contributed by atoms with van der Waals surface area (Å²) in [5.74, 6) is -0.369. The van der Waals surface area contributed by atoms with Gasteiger partial charge in [-0.05, 0) is 12.1 Å². The molecule has 0 aliphatic carbocycles. The van der Waals surface area contributed by atoms with Gasteiger partial charge in [0.2, 0.25) is 5.91 Å². The molecule has 0 saturated carbocycles. The van der Waals surface area contributed by atoms with E-state index in [9.17, 15) is 4.79 Å². The molecule has 0 unspecified atom stereocenters. The summed E-state index contributed by atoms with van der Waals surface area (Å²) >= 11 is 15.2. The number of benzene rings is 1. The maximum absolute atomic E-state index is 10.5. The van der Waals surface area contributed by atoms with Crippen LogP contribution in [0.2, 0.25) is 10.0 Å². The van der Waals surface area contributed by atoms with Crippen molar-refractivity contribution >= 4 is 50.7 Å². The molecule has 0 aliphatic heterocycles. The maximum Gasteiger partial charge on any atom is 0.219 e. The van der Waals surface area contributed by atoms with Gasteiger partial charge in [-0.1, -0.05) is 39.1 Å². The molecule has 1 aromatic rings. The van der Waals surface area contributed by atoms with Crippen LogP contribution in [0.15, 0.2) is 16.6 Å². The molecule has 0 aromatic heterocycles. The lowest BCUT2D eigenvalue weighted by Gasteiger charge is -2.09. The van der Waals surface area contributed by atoms with Gasteiger partial charge in [-0.2, -0.15) is 0 Å². The fourth-order valence-corrected chi connectivity index (χ4v) is 2.36. The van der Waals surface area contributed by atoms with Gasteiger partial charge in [0.1, 0.15) is 0 Å². The number of hydrogen-bond acceptors (Lipinski definition) is 2. The average molecular weight is 312 g/mol. The van der Waals surface area contributed by atoms with Crippen LogP contribution in [-0.4, -0.2) is 12.5 Å². The van der Waals surface area contributed by atoms with Gasteiger partial charge in [0, 0.05) is 17.4 Å². The van der Waals surface area contributed by atoms with E-state index in [1.54, 1.807) is 12.1 Å². The van der Waals surface area contributed by atoms with Gasteiger partial charge in [-0.3, -0.25) is 4.79 Å². The lowest BCUT2D eigenvalue weighted by Crippen LogP contribution is -2.16. The maximum atomic E-state index is 10.5. The molecule has 3 N–H and O–H groups in total. The minimum Gasteiger partial charge on any atom is -0.382 e. The van der Waals surface area contributed by atoms with E-state index in [4.69, 9.17) is 28.9 Å². The molecule has 6 heteroatoms. The van der Waals surface area contributed by atoms with Crippen LogP contribution < -0.4 is 11.1 Å². The Morgan fingerprint density at radius 2 is 1.93 bits per heavy atom. The third-order valence-electron chi connectivity index (χ3n) is 1.68. The van der Waals surface area contributed by atoms with Crippen molar-refractivity contribution in [2.75, 3.05) is 11.9 Å². The topological polar surface area (TPSA) is 55.1 Å². The zero-order valence-electron chi connectivity index (χ0n) is 7.69. The fourth-order valence-electron chi connectivity index (χ4n) is 1.02. The van der Waals surface area contributed by atoms with Gasteiger partial charge in [0.05, 0.1) is 15.7 Å². The van der Waals surface area contributed by atoms with Gasteiger partial charge in [-0.25, -0.2) is 0 Å². The summed E-state index contributed by atoms with van der Waals surface area (Å²) in [7, 11) is 0. The summed E-state index contributed by atoms with van der Waals surface area (Å²) in [4.78, 5) is 10.5. The largest absolute Gasteiger partial charge is 0.382 e. The van der Waals surface area contributed by atoms with E-state index in [0.717, 1.165) is 4.47 Å². The van der Waals surface area contributed by atoms with E-state index >= 15 is 0 Å². The predicted molar refractivity (Wildman–Crippen MR) is 66.5 cm³/mol. The molecule has 0 bridgehead atoms. The van der Waals surface area contributed by atoms with Crippen LogP contribution in [0.1, 0.15) is 6.42 Å². The molecule has 0 spiro atoms. The van der Waals surface area contributed by atoms with Crippen molar-refractivity contribution in [2.45, 2.75) is 6.42 Å². The Labute approximate surface area is 106 Å². The number of amides is 1. The minimum atomic E-state index is -0.369.